The second-order valence-electron chi connectivity index (χ2n) is 6.59. The van der Waals surface area contributed by atoms with E-state index in [9.17, 15) is 18.4 Å². The Morgan fingerprint density at radius 1 is 1.28 bits per heavy atom. The predicted octanol–water partition coefficient (Wildman–Crippen LogP) is 3.16. The third-order valence-corrected chi connectivity index (χ3v) is 4.31. The highest BCUT2D eigenvalue weighted by atomic mass is 19.1. The van der Waals surface area contributed by atoms with Crippen LogP contribution in [0.15, 0.2) is 30.3 Å². The summed E-state index contributed by atoms with van der Waals surface area (Å²) in [6, 6.07) is 6.22. The maximum absolute atomic E-state index is 14.4. The van der Waals surface area contributed by atoms with Crippen LogP contribution in [0, 0.1) is 17.0 Å². The number of halogens is 2. The van der Waals surface area contributed by atoms with Gasteiger partial charge in [0.2, 0.25) is 0 Å². The fraction of sp³-hybridized carbons (Fsp3) is 0.250. The molecule has 1 aliphatic heterocycles. The van der Waals surface area contributed by atoms with Gasteiger partial charge in [-0.25, -0.2) is 8.78 Å². The van der Waals surface area contributed by atoms with Crippen molar-refractivity contribution >= 4 is 23.7 Å². The number of benzene rings is 2. The van der Waals surface area contributed by atoms with Crippen molar-refractivity contribution in [2.45, 2.75) is 12.5 Å². The first kappa shape index (κ1) is 20.2. The second-order valence-corrected chi connectivity index (χ2v) is 6.59. The van der Waals surface area contributed by atoms with Crippen LogP contribution < -0.4 is 14.8 Å². The van der Waals surface area contributed by atoms with Gasteiger partial charge in [0.05, 0.1) is 24.1 Å². The number of fused-ring (bicyclic) bond motifs is 1. The normalized spacial score (nSPS) is 15.0. The van der Waals surface area contributed by atoms with Gasteiger partial charge in [-0.2, -0.15) is 0 Å². The molecule has 0 aromatic heterocycles. The Kier molecular flexibility index (Phi) is 5.76. The highest BCUT2D eigenvalue weighted by Crippen LogP contribution is 2.39. The minimum absolute atomic E-state index is 0.0457. The molecule has 2 N–H and O–H groups in total. The molecular weight excluding hydrogens is 384 g/mol. The molecule has 0 unspecified atom stereocenters. The number of hydrogen-bond donors (Lipinski definition) is 2. The van der Waals surface area contributed by atoms with Gasteiger partial charge in [-0.3, -0.25) is 9.59 Å². The Labute approximate surface area is 165 Å². The number of carbonyl (C=O) groups excluding carboxylic acids is 2. The van der Waals surface area contributed by atoms with E-state index >= 15 is 0 Å². The standard InChI is InChI=1S/C20H19F2N3O4/c1-25(2)20(27)11-3-4-14(24-18(26)10-23)16(7-11)29-15-5-6-28-17-9-12(21)8-13(22)19(15)17/h3-4,7-10,15,23H,5-6H2,1-2H3,(H,24,26)/t15-/m0/s1. The highest BCUT2D eigenvalue weighted by molar-refractivity contribution is 6.30. The molecular formula is C20H19F2N3O4. The summed E-state index contributed by atoms with van der Waals surface area (Å²) < 4.78 is 39.2. The van der Waals surface area contributed by atoms with Gasteiger partial charge in [0.15, 0.2) is 0 Å². The Bertz CT molecular complexity index is 978. The largest absolute Gasteiger partial charge is 0.493 e. The Balaban J connectivity index is 2.01. The van der Waals surface area contributed by atoms with Crippen LogP contribution in [0.4, 0.5) is 14.5 Å². The fourth-order valence-corrected chi connectivity index (χ4v) is 2.97. The van der Waals surface area contributed by atoms with Crippen LogP contribution >= 0.6 is 0 Å². The van der Waals surface area contributed by atoms with Gasteiger partial charge >= 0.3 is 0 Å². The Morgan fingerprint density at radius 2 is 2.03 bits per heavy atom. The summed E-state index contributed by atoms with van der Waals surface area (Å²) in [5.74, 6) is -2.39. The van der Waals surface area contributed by atoms with Crippen molar-refractivity contribution in [1.82, 2.24) is 4.90 Å². The van der Waals surface area contributed by atoms with Crippen LogP contribution in [-0.2, 0) is 4.79 Å². The lowest BCUT2D eigenvalue weighted by Gasteiger charge is -2.28. The highest BCUT2D eigenvalue weighted by Gasteiger charge is 2.29. The van der Waals surface area contributed by atoms with Gasteiger partial charge in [0.25, 0.3) is 11.8 Å². The summed E-state index contributed by atoms with van der Waals surface area (Å²) in [5.41, 5.74) is 0.570. The van der Waals surface area contributed by atoms with E-state index in [2.05, 4.69) is 5.32 Å². The fourth-order valence-electron chi connectivity index (χ4n) is 2.97. The zero-order chi connectivity index (χ0) is 21.1. The van der Waals surface area contributed by atoms with E-state index in [1.807, 2.05) is 0 Å². The number of ether oxygens (including phenoxy) is 2. The van der Waals surface area contributed by atoms with Crippen LogP contribution in [0.5, 0.6) is 11.5 Å². The van der Waals surface area contributed by atoms with Crippen molar-refractivity contribution in [2.24, 2.45) is 0 Å². The summed E-state index contributed by atoms with van der Waals surface area (Å²) in [7, 11) is 3.18. The molecule has 152 valence electrons. The maximum atomic E-state index is 14.4. The van der Waals surface area contributed by atoms with Crippen molar-refractivity contribution in [3.05, 3.63) is 53.1 Å². The number of hydrogen-bond acceptors (Lipinski definition) is 5. The maximum Gasteiger partial charge on any atom is 0.266 e. The number of rotatable bonds is 5. The summed E-state index contributed by atoms with van der Waals surface area (Å²) in [5, 5.41) is 9.53. The van der Waals surface area contributed by atoms with Crippen LogP contribution in [0.1, 0.15) is 28.4 Å². The van der Waals surface area contributed by atoms with E-state index in [4.69, 9.17) is 14.9 Å². The molecule has 3 rings (SSSR count). The molecule has 0 aliphatic carbocycles. The average Bonchev–Trinajstić information content (AvgIpc) is 2.68. The lowest BCUT2D eigenvalue weighted by atomic mass is 10.0. The molecule has 2 aromatic carbocycles. The monoisotopic (exact) mass is 403 g/mol. The van der Waals surface area contributed by atoms with E-state index in [0.717, 1.165) is 12.1 Å². The van der Waals surface area contributed by atoms with Crippen LogP contribution in [-0.4, -0.2) is 43.6 Å². The first-order valence-electron chi connectivity index (χ1n) is 8.75. The number of nitrogens with one attached hydrogen (secondary N) is 2. The molecule has 1 heterocycles. The summed E-state index contributed by atoms with van der Waals surface area (Å²) in [4.78, 5) is 25.3. The second kappa shape index (κ2) is 8.26. The third kappa shape index (κ3) is 4.34. The number of amides is 2. The van der Waals surface area contributed by atoms with Gasteiger partial charge in [-0.1, -0.05) is 0 Å². The summed E-state index contributed by atoms with van der Waals surface area (Å²) >= 11 is 0. The van der Waals surface area contributed by atoms with Gasteiger partial charge in [-0.05, 0) is 18.2 Å². The van der Waals surface area contributed by atoms with Gasteiger partial charge in [0, 0.05) is 38.2 Å². The minimum atomic E-state index is -0.820. The molecule has 2 aromatic rings. The molecule has 0 saturated carbocycles. The van der Waals surface area contributed by atoms with Gasteiger partial charge in [0.1, 0.15) is 29.2 Å². The van der Waals surface area contributed by atoms with E-state index in [1.54, 1.807) is 14.1 Å². The smallest absolute Gasteiger partial charge is 0.266 e. The lowest BCUT2D eigenvalue weighted by molar-refractivity contribution is -0.110. The molecule has 2 amide bonds. The molecule has 7 nitrogen and oxygen atoms in total. The molecule has 1 atom stereocenters. The van der Waals surface area contributed by atoms with Crippen LogP contribution in [0.3, 0.4) is 0 Å². The van der Waals surface area contributed by atoms with Gasteiger partial charge < -0.3 is 25.1 Å². The van der Waals surface area contributed by atoms with Crippen LogP contribution in [0.25, 0.3) is 0 Å². The van der Waals surface area contributed by atoms with Crippen molar-refractivity contribution in [3.63, 3.8) is 0 Å². The molecule has 29 heavy (non-hydrogen) atoms. The zero-order valence-corrected chi connectivity index (χ0v) is 15.8. The summed E-state index contributed by atoms with van der Waals surface area (Å²) in [6.45, 7) is 0.180. The van der Waals surface area contributed by atoms with E-state index in [-0.39, 0.29) is 41.7 Å². The van der Waals surface area contributed by atoms with Crippen molar-refractivity contribution in [3.8, 4) is 11.5 Å². The van der Waals surface area contributed by atoms with Crippen LogP contribution in [0.2, 0.25) is 0 Å². The first-order chi connectivity index (χ1) is 13.8. The van der Waals surface area contributed by atoms with E-state index < -0.39 is 23.6 Å². The molecule has 0 bridgehead atoms. The summed E-state index contributed by atoms with van der Waals surface area (Å²) in [6.07, 6.45) is 0.0495. The number of nitrogens with zero attached hydrogens (tertiary/aromatic N) is 1. The van der Waals surface area contributed by atoms with Gasteiger partial charge in [-0.15, -0.1) is 0 Å². The molecule has 1 aliphatic rings. The quantitative estimate of drug-likeness (QED) is 0.751. The third-order valence-electron chi connectivity index (χ3n) is 4.31. The molecule has 0 saturated heterocycles. The molecule has 0 radical (unpaired) electrons. The SMILES string of the molecule is CN(C)C(=O)c1ccc(NC(=O)C=N)c(O[C@H]2CCOc3cc(F)cc(F)c32)c1. The molecule has 9 heteroatoms. The minimum Gasteiger partial charge on any atom is -0.493 e. The zero-order valence-electron chi connectivity index (χ0n) is 15.8. The number of anilines is 1. The van der Waals surface area contributed by atoms with Crippen molar-refractivity contribution in [2.75, 3.05) is 26.0 Å². The predicted molar refractivity (Wildman–Crippen MR) is 102 cm³/mol. The van der Waals surface area contributed by atoms with E-state index in [0.29, 0.717) is 11.8 Å². The number of carbonyl (C=O) groups is 2. The van der Waals surface area contributed by atoms with E-state index in [1.165, 1.54) is 23.1 Å². The Hall–Kier alpha value is -3.49. The Morgan fingerprint density at radius 3 is 2.72 bits per heavy atom. The topological polar surface area (TPSA) is 91.7 Å². The van der Waals surface area contributed by atoms with Crippen molar-refractivity contribution < 1.29 is 27.8 Å². The first-order valence-corrected chi connectivity index (χ1v) is 8.75. The average molecular weight is 403 g/mol. The molecule has 0 fully saturated rings. The molecule has 0 spiro atoms. The lowest BCUT2D eigenvalue weighted by Crippen LogP contribution is -2.23. The van der Waals surface area contributed by atoms with Crippen molar-refractivity contribution in [1.29, 1.82) is 5.41 Å².